The molecule has 1 aromatic carbocycles. The molecule has 0 aliphatic rings. The van der Waals surface area contributed by atoms with Crippen molar-refractivity contribution in [2.45, 2.75) is 57.1 Å². The number of carbonyl (C=O) groups is 1. The van der Waals surface area contributed by atoms with Crippen molar-refractivity contribution in [1.29, 1.82) is 0 Å². The number of carbonyl (C=O) groups excluding carboxylic acids is 1. The van der Waals surface area contributed by atoms with Crippen LogP contribution in [0.1, 0.15) is 41.0 Å². The van der Waals surface area contributed by atoms with Gasteiger partial charge in [-0.2, -0.15) is 4.89 Å². The largest absolute Gasteiger partial charge is 0.444 e. The molecule has 0 radical (unpaired) electrons. The summed E-state index contributed by atoms with van der Waals surface area (Å²) in [5.74, 6) is 0.559. The smallest absolute Gasteiger partial charge is 0.408 e. The van der Waals surface area contributed by atoms with E-state index >= 15 is 0 Å². The first-order valence-electron chi connectivity index (χ1n) is 8.03. The van der Waals surface area contributed by atoms with E-state index in [-0.39, 0.29) is 5.54 Å². The molecule has 0 atom stereocenters. The second kappa shape index (κ2) is 9.86. The molecule has 0 aromatic heterocycles. The standard InChI is InChI=1S/C17H28N2O5S/c1-16(2,3)22-15(20)19-17(4,5)11-12-18-25-14-9-7-13(8-10-14)23-24-21-6/h7-10,18H,11-12H2,1-6H3,(H,19,20)/p+1. The molecule has 0 fully saturated rings. The summed E-state index contributed by atoms with van der Waals surface area (Å²) in [4.78, 5) is 22.2. The molecule has 8 heteroatoms. The molecule has 1 aromatic rings. The molecule has 2 N–H and O–H groups in total. The van der Waals surface area contributed by atoms with Crippen molar-refractivity contribution in [2.75, 3.05) is 13.7 Å². The average Bonchev–Trinajstić information content (AvgIpc) is 2.48. The molecule has 142 valence electrons. The van der Waals surface area contributed by atoms with Crippen LogP contribution in [-0.2, 0) is 26.6 Å². The van der Waals surface area contributed by atoms with Crippen LogP contribution < -0.4 is 14.9 Å². The molecule has 0 saturated carbocycles. The Bertz CT molecular complexity index is 529. The Hall–Kier alpha value is -1.48. The third-order valence-corrected chi connectivity index (χ3v) is 3.88. The topological polar surface area (TPSA) is 78.0 Å². The number of thiol groups is 1. The Labute approximate surface area is 153 Å². The van der Waals surface area contributed by atoms with Crippen LogP contribution in [0.2, 0.25) is 0 Å². The quantitative estimate of drug-likeness (QED) is 0.228. The van der Waals surface area contributed by atoms with Gasteiger partial charge in [-0.1, -0.05) is 0 Å². The lowest BCUT2D eigenvalue weighted by molar-refractivity contribution is -0.453. The Morgan fingerprint density at radius 3 is 2.32 bits per heavy atom. The van der Waals surface area contributed by atoms with Crippen molar-refractivity contribution in [3.05, 3.63) is 24.3 Å². The van der Waals surface area contributed by atoms with Crippen LogP contribution in [-0.4, -0.2) is 30.9 Å². The van der Waals surface area contributed by atoms with E-state index in [1.165, 1.54) is 7.11 Å². The molecule has 0 spiro atoms. The molecular formula is C17H29N2O5S+. The van der Waals surface area contributed by atoms with Crippen molar-refractivity contribution in [3.63, 3.8) is 0 Å². The average molecular weight is 373 g/mol. The van der Waals surface area contributed by atoms with Gasteiger partial charge >= 0.3 is 6.09 Å². The van der Waals surface area contributed by atoms with Crippen molar-refractivity contribution >= 4 is 18.0 Å². The zero-order chi connectivity index (χ0) is 18.9. The lowest BCUT2D eigenvalue weighted by Crippen LogP contribution is -2.47. The van der Waals surface area contributed by atoms with Crippen molar-refractivity contribution in [3.8, 4) is 5.75 Å². The highest BCUT2D eigenvalue weighted by molar-refractivity contribution is 7.76. The molecule has 1 amide bonds. The van der Waals surface area contributed by atoms with E-state index in [1.807, 2.05) is 46.8 Å². The van der Waals surface area contributed by atoms with E-state index in [1.54, 1.807) is 12.1 Å². The Morgan fingerprint density at radius 2 is 1.76 bits per heavy atom. The van der Waals surface area contributed by atoms with Crippen molar-refractivity contribution < 1.29 is 24.3 Å². The molecule has 25 heavy (non-hydrogen) atoms. The maximum atomic E-state index is 11.8. The van der Waals surface area contributed by atoms with Crippen LogP contribution in [0.5, 0.6) is 5.75 Å². The number of hydrogen-bond donors (Lipinski definition) is 2. The Kier molecular flexibility index (Phi) is 8.51. The van der Waals surface area contributed by atoms with Crippen LogP contribution >= 0.6 is 0 Å². The monoisotopic (exact) mass is 373 g/mol. The van der Waals surface area contributed by atoms with Crippen molar-refractivity contribution in [2.24, 2.45) is 0 Å². The molecule has 1 rings (SSSR count). The number of ether oxygens (including phenoxy) is 1. The van der Waals surface area contributed by atoms with E-state index in [0.717, 1.165) is 29.8 Å². The fraction of sp³-hybridized carbons (Fsp3) is 0.588. The van der Waals surface area contributed by atoms with E-state index in [9.17, 15) is 4.79 Å². The summed E-state index contributed by atoms with van der Waals surface area (Å²) >= 11 is 0.978. The highest BCUT2D eigenvalue weighted by Crippen LogP contribution is 2.14. The zero-order valence-electron chi connectivity index (χ0n) is 15.7. The third kappa shape index (κ3) is 10.2. The summed E-state index contributed by atoms with van der Waals surface area (Å²) in [5.41, 5.74) is -0.860. The van der Waals surface area contributed by atoms with E-state index in [0.29, 0.717) is 5.75 Å². The zero-order valence-corrected chi connectivity index (χ0v) is 16.6. The normalized spacial score (nSPS) is 11.9. The van der Waals surface area contributed by atoms with E-state index in [4.69, 9.17) is 9.62 Å². The number of rotatable bonds is 9. The van der Waals surface area contributed by atoms with Gasteiger partial charge in [-0.15, -0.1) is 4.72 Å². The molecule has 7 nitrogen and oxygen atoms in total. The van der Waals surface area contributed by atoms with Gasteiger partial charge in [-0.3, -0.25) is 0 Å². The minimum Gasteiger partial charge on any atom is -0.444 e. The van der Waals surface area contributed by atoms with Gasteiger partial charge in [0, 0.05) is 12.1 Å². The molecule has 0 heterocycles. The second-order valence-corrected chi connectivity index (χ2v) is 8.15. The van der Waals surface area contributed by atoms with Gasteiger partial charge in [0.15, 0.2) is 10.6 Å². The van der Waals surface area contributed by atoms with Gasteiger partial charge in [0.1, 0.15) is 5.60 Å². The Morgan fingerprint density at radius 1 is 1.12 bits per heavy atom. The summed E-state index contributed by atoms with van der Waals surface area (Å²) in [5, 5.41) is 7.29. The highest BCUT2D eigenvalue weighted by Gasteiger charge is 2.24. The Balaban J connectivity index is 2.30. The lowest BCUT2D eigenvalue weighted by Gasteiger charge is -2.28. The number of alkyl carbamates (subject to hydrolysis) is 1. The van der Waals surface area contributed by atoms with Crippen LogP contribution in [0.4, 0.5) is 4.79 Å². The molecular weight excluding hydrogens is 344 g/mol. The summed E-state index contributed by atoms with van der Waals surface area (Å²) < 4.78 is 8.61. The van der Waals surface area contributed by atoms with Crippen LogP contribution in [0, 0.1) is 0 Å². The van der Waals surface area contributed by atoms with Gasteiger partial charge in [-0.25, -0.2) is 4.79 Å². The predicted molar refractivity (Wildman–Crippen MR) is 98.3 cm³/mol. The van der Waals surface area contributed by atoms with Gasteiger partial charge in [0.25, 0.3) is 0 Å². The summed E-state index contributed by atoms with van der Waals surface area (Å²) in [6, 6.07) is 7.42. The predicted octanol–water partition coefficient (Wildman–Crippen LogP) is 2.93. The summed E-state index contributed by atoms with van der Waals surface area (Å²) in [6.07, 6.45) is 0.367. The van der Waals surface area contributed by atoms with Gasteiger partial charge in [-0.05, 0) is 70.3 Å². The van der Waals surface area contributed by atoms with Gasteiger partial charge in [0.2, 0.25) is 0 Å². The number of nitrogens with one attached hydrogen (secondary N) is 2. The van der Waals surface area contributed by atoms with Gasteiger partial charge in [0.05, 0.1) is 19.1 Å². The first kappa shape index (κ1) is 21.6. The van der Waals surface area contributed by atoms with E-state index < -0.39 is 11.7 Å². The molecule has 0 saturated heterocycles. The third-order valence-electron chi connectivity index (χ3n) is 2.94. The minimum absolute atomic E-state index is 0.361. The second-order valence-electron chi connectivity index (χ2n) is 7.09. The lowest BCUT2D eigenvalue weighted by atomic mass is 10.0. The fourth-order valence-corrected chi connectivity index (χ4v) is 2.51. The fourth-order valence-electron chi connectivity index (χ4n) is 1.81. The van der Waals surface area contributed by atoms with E-state index in [2.05, 4.69) is 20.0 Å². The molecule has 0 unspecified atom stereocenters. The molecule has 0 aliphatic heterocycles. The molecule has 0 bridgehead atoms. The van der Waals surface area contributed by atoms with Crippen LogP contribution in [0.3, 0.4) is 0 Å². The first-order chi connectivity index (χ1) is 11.6. The highest BCUT2D eigenvalue weighted by atomic mass is 32.2. The van der Waals surface area contributed by atoms with Gasteiger partial charge < -0.3 is 14.9 Å². The first-order valence-corrected chi connectivity index (χ1v) is 8.93. The van der Waals surface area contributed by atoms with Crippen molar-refractivity contribution in [1.82, 2.24) is 10.0 Å². The summed E-state index contributed by atoms with van der Waals surface area (Å²) in [7, 11) is 1.37. The summed E-state index contributed by atoms with van der Waals surface area (Å²) in [6.45, 7) is 10.2. The number of benzene rings is 1. The number of hydrogen-bond acceptors (Lipinski definition) is 6. The molecule has 0 aliphatic carbocycles. The van der Waals surface area contributed by atoms with Crippen LogP contribution in [0.25, 0.3) is 0 Å². The maximum absolute atomic E-state index is 11.8. The van der Waals surface area contributed by atoms with Crippen LogP contribution in [0.15, 0.2) is 29.2 Å². The maximum Gasteiger partial charge on any atom is 0.408 e. The number of amides is 1. The minimum atomic E-state index is -0.499. The SMILES string of the molecule is COOOc1ccc([SH+]NCCC(C)(C)NC(=O)OC(C)(C)C)cc1.